The maximum Gasteiger partial charge on any atom is 0.254 e. The molecule has 11 nitrogen and oxygen atoms in total. The van der Waals surface area contributed by atoms with Crippen LogP contribution < -0.4 is 0 Å². The molecule has 0 spiro atoms. The van der Waals surface area contributed by atoms with E-state index in [1.165, 1.54) is 11.1 Å². The van der Waals surface area contributed by atoms with Crippen LogP contribution in [0, 0.1) is 0 Å². The Hall–Kier alpha value is -5.68. The lowest BCUT2D eigenvalue weighted by Crippen LogP contribution is -2.34. The van der Waals surface area contributed by atoms with Crippen molar-refractivity contribution < 1.29 is 23.4 Å². The summed E-state index contributed by atoms with van der Waals surface area (Å²) in [6.07, 6.45) is 7.08. The number of hydrogen-bond donors (Lipinski definition) is 0. The van der Waals surface area contributed by atoms with Gasteiger partial charge in [-0.2, -0.15) is 9.97 Å². The van der Waals surface area contributed by atoms with Gasteiger partial charge < -0.3 is 23.6 Å². The molecule has 4 aromatic carbocycles. The quantitative estimate of drug-likeness (QED) is 0.113. The van der Waals surface area contributed by atoms with Gasteiger partial charge in [-0.05, 0) is 105 Å². The lowest BCUT2D eigenvalue weighted by Gasteiger charge is -2.25. The number of amides is 2. The van der Waals surface area contributed by atoms with Gasteiger partial charge in [0.2, 0.25) is 11.8 Å². The standard InChI is InChI=1S/C46H50N6O5/c1-46(2,3)55-37-29-39(43-48-41(50-57-43)21-11-18-32-15-8-5-9-16-32)52(30-37)45(54)36-25-23-33-27-35(24-22-34(33)28-36)44(53)51-26-12-19-38(51)42-47-40(49-56-42)20-10-17-31-13-6-4-7-14-31/h4-9,13-16,22-25,27-28,37-39H,10-12,17-21,26,29-30H2,1-3H3/t37-,38+,39-/m1/s1. The molecule has 11 heteroatoms. The minimum atomic E-state index is -0.409. The summed E-state index contributed by atoms with van der Waals surface area (Å²) >= 11 is 0. The van der Waals surface area contributed by atoms with Gasteiger partial charge in [0.05, 0.1) is 11.7 Å². The summed E-state index contributed by atoms with van der Waals surface area (Å²) in [4.78, 5) is 41.3. The molecule has 2 aliphatic heterocycles. The number of likely N-dealkylation sites (tertiary alicyclic amines) is 2. The summed E-state index contributed by atoms with van der Waals surface area (Å²) < 4.78 is 17.9. The molecular weight excluding hydrogens is 717 g/mol. The molecule has 3 atom stereocenters. The summed E-state index contributed by atoms with van der Waals surface area (Å²) in [5.74, 6) is 2.03. The van der Waals surface area contributed by atoms with E-state index in [9.17, 15) is 9.59 Å². The molecule has 0 radical (unpaired) electrons. The van der Waals surface area contributed by atoms with E-state index in [1.807, 2.05) is 98.5 Å². The summed E-state index contributed by atoms with van der Waals surface area (Å²) in [7, 11) is 0. The average Bonchev–Trinajstić information content (AvgIpc) is 4.05. The predicted molar refractivity (Wildman–Crippen MR) is 216 cm³/mol. The van der Waals surface area contributed by atoms with E-state index < -0.39 is 6.04 Å². The van der Waals surface area contributed by atoms with Crippen LogP contribution in [0.2, 0.25) is 0 Å². The number of aromatic nitrogens is 4. The molecule has 0 unspecified atom stereocenters. The SMILES string of the molecule is CC(C)(C)O[C@@H]1C[C@H](c2nc(CCCc3ccccc3)no2)N(C(=O)c2ccc3cc(C(=O)N4CCC[C@H]4c4nc(CCCc5ccccc5)no4)ccc3c2)C1. The smallest absolute Gasteiger partial charge is 0.254 e. The number of nitrogens with zero attached hydrogens (tertiary/aromatic N) is 6. The second-order valence-electron chi connectivity index (χ2n) is 16.3. The summed E-state index contributed by atoms with van der Waals surface area (Å²) in [6.45, 7) is 7.09. The van der Waals surface area contributed by atoms with Crippen molar-refractivity contribution in [3.8, 4) is 0 Å². The molecule has 2 fully saturated rings. The lowest BCUT2D eigenvalue weighted by atomic mass is 10.0. The summed E-state index contributed by atoms with van der Waals surface area (Å²) in [6, 6.07) is 31.3. The number of carbonyl (C=O) groups is 2. The Kier molecular flexibility index (Phi) is 11.3. The molecule has 2 aromatic heterocycles. The normalized spacial score (nSPS) is 18.5. The first-order chi connectivity index (χ1) is 27.7. The van der Waals surface area contributed by atoms with E-state index in [0.717, 1.165) is 49.3 Å². The van der Waals surface area contributed by atoms with Crippen LogP contribution in [-0.2, 0) is 30.4 Å². The van der Waals surface area contributed by atoms with Gasteiger partial charge >= 0.3 is 0 Å². The minimum absolute atomic E-state index is 0.0767. The molecule has 0 bridgehead atoms. The van der Waals surface area contributed by atoms with Crippen molar-refractivity contribution in [2.45, 2.75) is 102 Å². The number of fused-ring (bicyclic) bond motifs is 1. The molecule has 0 N–H and O–H groups in total. The van der Waals surface area contributed by atoms with Gasteiger partial charge in [-0.3, -0.25) is 9.59 Å². The van der Waals surface area contributed by atoms with Gasteiger partial charge in [0.1, 0.15) is 12.1 Å². The Bertz CT molecular complexity index is 2300. The topological polar surface area (TPSA) is 128 Å². The maximum atomic E-state index is 14.3. The Morgan fingerprint density at radius 1 is 0.684 bits per heavy atom. The fourth-order valence-corrected chi connectivity index (χ4v) is 8.15. The van der Waals surface area contributed by atoms with Crippen LogP contribution in [-0.4, -0.2) is 66.7 Å². The van der Waals surface area contributed by atoms with Gasteiger partial charge in [-0.1, -0.05) is 83.1 Å². The number of carbonyl (C=O) groups excluding carboxylic acids is 2. The molecule has 4 heterocycles. The number of hydrogen-bond acceptors (Lipinski definition) is 9. The molecule has 6 aromatic rings. The molecule has 2 aliphatic rings. The van der Waals surface area contributed by atoms with Gasteiger partial charge in [0, 0.05) is 43.5 Å². The van der Waals surface area contributed by atoms with Gasteiger partial charge in [0.25, 0.3) is 11.8 Å². The van der Waals surface area contributed by atoms with Crippen LogP contribution in [0.25, 0.3) is 10.8 Å². The first-order valence-electron chi connectivity index (χ1n) is 20.2. The molecule has 2 amide bonds. The average molecular weight is 767 g/mol. The zero-order valence-corrected chi connectivity index (χ0v) is 33.0. The van der Waals surface area contributed by atoms with Crippen molar-refractivity contribution in [2.24, 2.45) is 0 Å². The van der Waals surface area contributed by atoms with Crippen molar-refractivity contribution in [3.05, 3.63) is 143 Å². The minimum Gasteiger partial charge on any atom is -0.371 e. The second-order valence-corrected chi connectivity index (χ2v) is 16.3. The van der Waals surface area contributed by atoms with Crippen molar-refractivity contribution in [2.75, 3.05) is 13.1 Å². The predicted octanol–water partition coefficient (Wildman–Crippen LogP) is 8.70. The van der Waals surface area contributed by atoms with Crippen LogP contribution in [0.3, 0.4) is 0 Å². The Balaban J connectivity index is 0.938. The van der Waals surface area contributed by atoms with Gasteiger partial charge in [0.15, 0.2) is 11.6 Å². The van der Waals surface area contributed by atoms with E-state index in [-0.39, 0.29) is 29.6 Å². The molecule has 0 saturated carbocycles. The number of ether oxygens (including phenoxy) is 1. The van der Waals surface area contributed by atoms with Crippen LogP contribution in [0.15, 0.2) is 106 Å². The lowest BCUT2D eigenvalue weighted by molar-refractivity contribution is -0.0535. The highest BCUT2D eigenvalue weighted by molar-refractivity contribution is 6.02. The van der Waals surface area contributed by atoms with Crippen LogP contribution in [0.1, 0.15) is 120 Å². The summed E-state index contributed by atoms with van der Waals surface area (Å²) in [5.41, 5.74) is 3.30. The van der Waals surface area contributed by atoms with E-state index in [4.69, 9.17) is 23.8 Å². The molecule has 0 aliphatic carbocycles. The first-order valence-corrected chi connectivity index (χ1v) is 20.2. The monoisotopic (exact) mass is 766 g/mol. The highest BCUT2D eigenvalue weighted by Crippen LogP contribution is 2.37. The van der Waals surface area contributed by atoms with Crippen molar-refractivity contribution in [1.29, 1.82) is 0 Å². The van der Waals surface area contributed by atoms with Gasteiger partial charge in [-0.25, -0.2) is 0 Å². The largest absolute Gasteiger partial charge is 0.371 e. The highest BCUT2D eigenvalue weighted by atomic mass is 16.5. The zero-order valence-electron chi connectivity index (χ0n) is 33.0. The maximum absolute atomic E-state index is 14.3. The van der Waals surface area contributed by atoms with Crippen molar-refractivity contribution in [3.63, 3.8) is 0 Å². The van der Waals surface area contributed by atoms with Crippen molar-refractivity contribution >= 4 is 22.6 Å². The Morgan fingerprint density at radius 2 is 1.21 bits per heavy atom. The number of rotatable bonds is 13. The molecular formula is C46H50N6O5. The zero-order chi connectivity index (χ0) is 39.4. The van der Waals surface area contributed by atoms with Gasteiger partial charge in [-0.15, -0.1) is 0 Å². The van der Waals surface area contributed by atoms with E-state index in [1.54, 1.807) is 4.90 Å². The third-order valence-corrected chi connectivity index (χ3v) is 10.8. The summed E-state index contributed by atoms with van der Waals surface area (Å²) in [5, 5.41) is 10.3. The Morgan fingerprint density at radius 3 is 1.75 bits per heavy atom. The molecule has 294 valence electrons. The van der Waals surface area contributed by atoms with E-state index in [0.29, 0.717) is 66.9 Å². The van der Waals surface area contributed by atoms with E-state index in [2.05, 4.69) is 34.6 Å². The first kappa shape index (κ1) is 38.2. The second kappa shape index (κ2) is 16.8. The van der Waals surface area contributed by atoms with Crippen LogP contribution in [0.4, 0.5) is 0 Å². The third-order valence-electron chi connectivity index (χ3n) is 10.8. The number of aryl methyl sites for hydroxylation is 4. The van der Waals surface area contributed by atoms with Crippen LogP contribution >= 0.6 is 0 Å². The highest BCUT2D eigenvalue weighted by Gasteiger charge is 2.42. The van der Waals surface area contributed by atoms with E-state index >= 15 is 0 Å². The fraction of sp³-hybridized carbons (Fsp3) is 0.391. The third kappa shape index (κ3) is 9.15. The molecule has 57 heavy (non-hydrogen) atoms. The van der Waals surface area contributed by atoms with Crippen molar-refractivity contribution in [1.82, 2.24) is 30.1 Å². The Labute approximate surface area is 333 Å². The fourth-order valence-electron chi connectivity index (χ4n) is 8.15. The molecule has 8 rings (SSSR count). The molecule has 2 saturated heterocycles. The van der Waals surface area contributed by atoms with Crippen LogP contribution in [0.5, 0.6) is 0 Å². The number of benzene rings is 4.